The molecule has 0 bridgehead atoms. The highest BCUT2D eigenvalue weighted by Crippen LogP contribution is 2.29. The van der Waals surface area contributed by atoms with E-state index in [0.29, 0.717) is 0 Å². The first-order valence-corrected chi connectivity index (χ1v) is 7.82. The van der Waals surface area contributed by atoms with E-state index in [1.54, 1.807) is 0 Å². The lowest BCUT2D eigenvalue weighted by Gasteiger charge is -2.13. The predicted molar refractivity (Wildman–Crippen MR) is 99.2 cm³/mol. The fourth-order valence-corrected chi connectivity index (χ4v) is 2.34. The second-order valence-electron chi connectivity index (χ2n) is 5.08. The molecule has 0 aliphatic carbocycles. The Morgan fingerprint density at radius 1 is 0.833 bits per heavy atom. The number of hydrogen-bond acceptors (Lipinski definition) is 3. The van der Waals surface area contributed by atoms with Crippen LogP contribution in [0.5, 0.6) is 11.5 Å². The van der Waals surface area contributed by atoms with E-state index in [9.17, 15) is 0 Å². The molecule has 0 radical (unpaired) electrons. The maximum absolute atomic E-state index is 8.00. The highest BCUT2D eigenvalue weighted by atomic mass is 16.5. The number of anilines is 2. The Balaban J connectivity index is 0.00000100. The Morgan fingerprint density at radius 2 is 1.46 bits per heavy atom. The third kappa shape index (κ3) is 4.71. The number of nitrogens with one attached hydrogen (secondary N) is 1. The van der Waals surface area contributed by atoms with Crippen molar-refractivity contribution >= 4 is 18.2 Å². The van der Waals surface area contributed by atoms with Gasteiger partial charge < -0.3 is 14.8 Å². The first-order valence-electron chi connectivity index (χ1n) is 7.82. The zero-order valence-electron chi connectivity index (χ0n) is 13.7. The van der Waals surface area contributed by atoms with E-state index in [0.717, 1.165) is 29.3 Å². The van der Waals surface area contributed by atoms with E-state index in [1.165, 1.54) is 5.56 Å². The van der Waals surface area contributed by atoms with Crippen LogP contribution in [0.2, 0.25) is 0 Å². The van der Waals surface area contributed by atoms with Crippen LogP contribution < -0.4 is 10.1 Å². The molecule has 0 aromatic heterocycles. The highest BCUT2D eigenvalue weighted by molar-refractivity contribution is 5.62. The van der Waals surface area contributed by atoms with E-state index >= 15 is 0 Å². The summed E-state index contributed by atoms with van der Waals surface area (Å²) in [7, 11) is 0. The van der Waals surface area contributed by atoms with Crippen LogP contribution in [0.15, 0.2) is 78.9 Å². The maximum atomic E-state index is 8.00. The van der Waals surface area contributed by atoms with Gasteiger partial charge >= 0.3 is 0 Å². The van der Waals surface area contributed by atoms with Crippen molar-refractivity contribution in [3.05, 3.63) is 84.4 Å². The minimum Gasteiger partial charge on any atom is -0.457 e. The number of para-hydroxylation sites is 2. The molecule has 0 heterocycles. The van der Waals surface area contributed by atoms with Gasteiger partial charge in [-0.2, -0.15) is 0 Å². The molecule has 24 heavy (non-hydrogen) atoms. The van der Waals surface area contributed by atoms with E-state index in [4.69, 9.17) is 9.53 Å². The van der Waals surface area contributed by atoms with E-state index < -0.39 is 0 Å². The zero-order valence-corrected chi connectivity index (χ0v) is 13.7. The van der Waals surface area contributed by atoms with Crippen LogP contribution in [0.3, 0.4) is 0 Å². The molecule has 0 amide bonds. The molecule has 122 valence electrons. The summed E-state index contributed by atoms with van der Waals surface area (Å²) in [5.41, 5.74) is 3.34. The normalized spacial score (nSPS) is 9.54. The Hall–Kier alpha value is -3.07. The first-order chi connectivity index (χ1) is 11.8. The van der Waals surface area contributed by atoms with E-state index in [-0.39, 0.29) is 0 Å². The van der Waals surface area contributed by atoms with Gasteiger partial charge in [-0.25, -0.2) is 0 Å². The third-order valence-electron chi connectivity index (χ3n) is 3.47. The number of rotatable bonds is 5. The summed E-state index contributed by atoms with van der Waals surface area (Å²) < 4.78 is 5.98. The van der Waals surface area contributed by atoms with Crippen LogP contribution in [0.1, 0.15) is 12.5 Å². The second kappa shape index (κ2) is 9.16. The molecule has 3 aromatic carbocycles. The number of ether oxygens (including phenoxy) is 1. The number of hydrogen-bond donors (Lipinski definition) is 1. The molecule has 3 heteroatoms. The number of carbonyl (C=O) groups is 1. The SMILES string of the molecule is C=O.CCc1cc(Nc2ccccc2)ccc1Oc1ccccc1. The van der Waals surface area contributed by atoms with Crippen LogP contribution >= 0.6 is 0 Å². The first kappa shape index (κ1) is 17.3. The van der Waals surface area contributed by atoms with E-state index in [2.05, 4.69) is 30.4 Å². The van der Waals surface area contributed by atoms with Gasteiger partial charge in [-0.15, -0.1) is 0 Å². The molecule has 0 fully saturated rings. The molecule has 0 aliphatic rings. The van der Waals surface area contributed by atoms with Crippen LogP contribution in [-0.2, 0) is 11.2 Å². The van der Waals surface area contributed by atoms with Gasteiger partial charge in [0.2, 0.25) is 0 Å². The lowest BCUT2D eigenvalue weighted by molar-refractivity contribution is -0.0979. The van der Waals surface area contributed by atoms with E-state index in [1.807, 2.05) is 67.5 Å². The van der Waals surface area contributed by atoms with Gasteiger partial charge in [-0.3, -0.25) is 0 Å². The summed E-state index contributed by atoms with van der Waals surface area (Å²) in [6.45, 7) is 4.14. The van der Waals surface area contributed by atoms with Crippen LogP contribution in [0.25, 0.3) is 0 Å². The Morgan fingerprint density at radius 3 is 2.08 bits per heavy atom. The quantitative estimate of drug-likeness (QED) is 0.665. The molecule has 0 spiro atoms. The lowest BCUT2D eigenvalue weighted by atomic mass is 10.1. The Kier molecular flexibility index (Phi) is 6.59. The van der Waals surface area contributed by atoms with Crippen LogP contribution in [-0.4, -0.2) is 6.79 Å². The summed E-state index contributed by atoms with van der Waals surface area (Å²) in [5, 5.41) is 3.41. The number of benzene rings is 3. The van der Waals surface area contributed by atoms with Gasteiger partial charge in [0, 0.05) is 11.4 Å². The number of carbonyl (C=O) groups excluding carboxylic acids is 1. The maximum Gasteiger partial charge on any atom is 0.130 e. The van der Waals surface area contributed by atoms with Crippen molar-refractivity contribution < 1.29 is 9.53 Å². The largest absolute Gasteiger partial charge is 0.457 e. The molecule has 3 rings (SSSR count). The average molecular weight is 319 g/mol. The lowest BCUT2D eigenvalue weighted by Crippen LogP contribution is -1.94. The Bertz CT molecular complexity index is 742. The molecule has 1 N–H and O–H groups in total. The van der Waals surface area contributed by atoms with Crippen molar-refractivity contribution in [2.75, 3.05) is 5.32 Å². The van der Waals surface area contributed by atoms with Crippen molar-refractivity contribution in [2.45, 2.75) is 13.3 Å². The molecule has 3 aromatic rings. The van der Waals surface area contributed by atoms with Gasteiger partial charge in [-0.05, 0) is 54.4 Å². The fraction of sp³-hybridized carbons (Fsp3) is 0.0952. The molecule has 0 aliphatic heterocycles. The third-order valence-corrected chi connectivity index (χ3v) is 3.47. The molecular weight excluding hydrogens is 298 g/mol. The van der Waals surface area contributed by atoms with Crippen LogP contribution in [0.4, 0.5) is 11.4 Å². The van der Waals surface area contributed by atoms with Gasteiger partial charge in [0.25, 0.3) is 0 Å². The fourth-order valence-electron chi connectivity index (χ4n) is 2.34. The summed E-state index contributed by atoms with van der Waals surface area (Å²) in [4.78, 5) is 8.00. The molecule has 0 unspecified atom stereocenters. The average Bonchev–Trinajstić information content (AvgIpc) is 2.66. The number of aryl methyl sites for hydroxylation is 1. The summed E-state index contributed by atoms with van der Waals surface area (Å²) in [6.07, 6.45) is 0.923. The zero-order chi connectivity index (χ0) is 17.2. The predicted octanol–water partition coefficient (Wildman–Crippen LogP) is 5.60. The standard InChI is InChI=1S/C20H19NO.CH2O/c1-2-16-15-18(21-17-9-5-3-6-10-17)13-14-20(16)22-19-11-7-4-8-12-19;1-2/h3-15,21H,2H2,1H3;1H2. The molecule has 3 nitrogen and oxygen atoms in total. The summed E-state index contributed by atoms with van der Waals surface area (Å²) >= 11 is 0. The minimum absolute atomic E-state index is 0.862. The molecule has 0 atom stereocenters. The Labute approximate surface area is 142 Å². The van der Waals surface area contributed by atoms with Crippen molar-refractivity contribution in [2.24, 2.45) is 0 Å². The smallest absolute Gasteiger partial charge is 0.130 e. The molecule has 0 saturated carbocycles. The van der Waals surface area contributed by atoms with Gasteiger partial charge in [0.05, 0.1) is 0 Å². The van der Waals surface area contributed by atoms with Crippen molar-refractivity contribution in [1.29, 1.82) is 0 Å². The van der Waals surface area contributed by atoms with Crippen molar-refractivity contribution in [3.8, 4) is 11.5 Å². The highest BCUT2D eigenvalue weighted by Gasteiger charge is 2.05. The van der Waals surface area contributed by atoms with Crippen LogP contribution in [0, 0.1) is 0 Å². The van der Waals surface area contributed by atoms with Gasteiger partial charge in [0.1, 0.15) is 18.3 Å². The van der Waals surface area contributed by atoms with Gasteiger partial charge in [0.15, 0.2) is 0 Å². The van der Waals surface area contributed by atoms with Gasteiger partial charge in [-0.1, -0.05) is 43.3 Å². The topological polar surface area (TPSA) is 38.3 Å². The summed E-state index contributed by atoms with van der Waals surface area (Å²) in [6, 6.07) is 26.3. The van der Waals surface area contributed by atoms with Crippen molar-refractivity contribution in [3.63, 3.8) is 0 Å². The monoisotopic (exact) mass is 319 g/mol. The molecule has 0 saturated heterocycles. The minimum atomic E-state index is 0.862. The summed E-state index contributed by atoms with van der Waals surface area (Å²) in [5.74, 6) is 1.77. The molecular formula is C21H21NO2. The van der Waals surface area contributed by atoms with Crippen molar-refractivity contribution in [1.82, 2.24) is 0 Å². The second-order valence-corrected chi connectivity index (χ2v) is 5.08.